The predicted molar refractivity (Wildman–Crippen MR) is 127 cm³/mol. The molecular weight excluding hydrogens is 415 g/mol. The van der Waals surface area contributed by atoms with Crippen molar-refractivity contribution in [1.82, 2.24) is 19.6 Å². The summed E-state index contributed by atoms with van der Waals surface area (Å²) in [5, 5.41) is 8.44. The second-order valence-electron chi connectivity index (χ2n) is 8.86. The highest BCUT2D eigenvalue weighted by Gasteiger charge is 2.28. The van der Waals surface area contributed by atoms with Crippen LogP contribution >= 0.6 is 0 Å². The minimum Gasteiger partial charge on any atom is -0.362 e. The minimum atomic E-state index is -0.199. The van der Waals surface area contributed by atoms with Gasteiger partial charge in [-0.2, -0.15) is 0 Å². The van der Waals surface area contributed by atoms with Gasteiger partial charge in [-0.15, -0.1) is 5.10 Å². The number of hydrogen-bond donors (Lipinski definition) is 1. The van der Waals surface area contributed by atoms with Gasteiger partial charge in [0.05, 0.1) is 24.0 Å². The Morgan fingerprint density at radius 1 is 0.970 bits per heavy atom. The molecule has 1 N–H and O–H groups in total. The molecule has 1 atom stereocenters. The van der Waals surface area contributed by atoms with Crippen molar-refractivity contribution in [2.75, 3.05) is 16.8 Å². The number of aromatic nitrogens is 4. The quantitative estimate of drug-likeness (QED) is 0.425. The highest BCUT2D eigenvalue weighted by Crippen LogP contribution is 2.36. The first-order valence-electron chi connectivity index (χ1n) is 11.7. The zero-order chi connectivity index (χ0) is 22.2. The fourth-order valence-electron chi connectivity index (χ4n) is 5.05. The summed E-state index contributed by atoms with van der Waals surface area (Å²) in [5.41, 5.74) is 3.46. The first kappa shape index (κ1) is 20.1. The van der Waals surface area contributed by atoms with Crippen molar-refractivity contribution in [3.63, 3.8) is 0 Å². The SMILES string of the molecule is Fc1cccc(C2CCCN2c2ccc3ncc(-c4cccc(N[C]5CCCC5)n4)n3n2)c1. The molecule has 6 nitrogen and oxygen atoms in total. The summed E-state index contributed by atoms with van der Waals surface area (Å²) in [5.74, 6) is 1.53. The van der Waals surface area contributed by atoms with Gasteiger partial charge < -0.3 is 10.2 Å². The lowest BCUT2D eigenvalue weighted by atomic mass is 10.0. The number of anilines is 2. The number of nitrogens with zero attached hydrogens (tertiary/aromatic N) is 5. The maximum atomic E-state index is 13.9. The maximum Gasteiger partial charge on any atom is 0.154 e. The molecule has 1 aromatic carbocycles. The molecule has 0 amide bonds. The van der Waals surface area contributed by atoms with Crippen LogP contribution < -0.4 is 10.2 Å². The summed E-state index contributed by atoms with van der Waals surface area (Å²) in [7, 11) is 0. The van der Waals surface area contributed by atoms with Crippen LogP contribution in [0.15, 0.2) is 60.8 Å². The molecule has 1 aliphatic heterocycles. The van der Waals surface area contributed by atoms with Crippen LogP contribution in [0.1, 0.15) is 50.1 Å². The third-order valence-electron chi connectivity index (χ3n) is 6.65. The molecule has 2 aliphatic rings. The predicted octanol–water partition coefficient (Wildman–Crippen LogP) is 5.79. The van der Waals surface area contributed by atoms with Crippen molar-refractivity contribution < 1.29 is 4.39 Å². The molecule has 1 unspecified atom stereocenters. The van der Waals surface area contributed by atoms with Crippen molar-refractivity contribution in [3.05, 3.63) is 78.2 Å². The Balaban J connectivity index is 1.33. The summed E-state index contributed by atoms with van der Waals surface area (Å²) in [6.45, 7) is 0.889. The number of imidazole rings is 1. The Bertz CT molecular complexity index is 1280. The second-order valence-corrected chi connectivity index (χ2v) is 8.86. The lowest BCUT2D eigenvalue weighted by Gasteiger charge is -2.26. The van der Waals surface area contributed by atoms with Gasteiger partial charge in [0.1, 0.15) is 23.1 Å². The van der Waals surface area contributed by atoms with E-state index in [4.69, 9.17) is 10.1 Å². The lowest BCUT2D eigenvalue weighted by molar-refractivity contribution is 0.617. The van der Waals surface area contributed by atoms with Crippen LogP contribution in [0, 0.1) is 11.9 Å². The number of rotatable bonds is 5. The van der Waals surface area contributed by atoms with Crippen molar-refractivity contribution in [1.29, 1.82) is 0 Å². The van der Waals surface area contributed by atoms with Gasteiger partial charge in [0.2, 0.25) is 0 Å². The van der Waals surface area contributed by atoms with Crippen LogP contribution in [0.5, 0.6) is 0 Å². The smallest absolute Gasteiger partial charge is 0.154 e. The zero-order valence-corrected chi connectivity index (χ0v) is 18.4. The Labute approximate surface area is 192 Å². The summed E-state index contributed by atoms with van der Waals surface area (Å²) in [6, 6.07) is 18.4. The van der Waals surface area contributed by atoms with E-state index < -0.39 is 0 Å². The van der Waals surface area contributed by atoms with E-state index >= 15 is 0 Å². The minimum absolute atomic E-state index is 0.117. The molecule has 1 saturated heterocycles. The lowest BCUT2D eigenvalue weighted by Crippen LogP contribution is -2.24. The van der Waals surface area contributed by atoms with E-state index in [0.29, 0.717) is 0 Å². The van der Waals surface area contributed by atoms with Crippen LogP contribution in [-0.2, 0) is 0 Å². The number of benzene rings is 1. The number of fused-ring (bicyclic) bond motifs is 1. The summed E-state index contributed by atoms with van der Waals surface area (Å²) in [4.78, 5) is 11.7. The van der Waals surface area contributed by atoms with Crippen molar-refractivity contribution in [2.45, 2.75) is 44.6 Å². The fraction of sp³-hybridized carbons (Fsp3) is 0.308. The third kappa shape index (κ3) is 3.92. The molecule has 4 heterocycles. The van der Waals surface area contributed by atoms with E-state index in [1.165, 1.54) is 24.9 Å². The number of nitrogens with one attached hydrogen (secondary N) is 1. The Morgan fingerprint density at radius 3 is 2.73 bits per heavy atom. The van der Waals surface area contributed by atoms with E-state index in [9.17, 15) is 4.39 Å². The molecule has 7 heteroatoms. The molecule has 6 rings (SSSR count). The standard InChI is InChI=1S/C26H26FN6/c27-19-7-3-6-18(16-19)22-11-5-15-32(22)26-14-13-25-28-17-23(33(25)31-26)21-10-4-12-24(30-21)29-20-8-1-2-9-20/h3-4,6-7,10,12-14,16-17,22H,1-2,5,8-9,11,15H2,(H,29,30). The summed E-state index contributed by atoms with van der Waals surface area (Å²) in [6.07, 6.45) is 8.59. The van der Waals surface area contributed by atoms with E-state index in [0.717, 1.165) is 66.5 Å². The molecule has 1 saturated carbocycles. The average molecular weight is 442 g/mol. The third-order valence-corrected chi connectivity index (χ3v) is 6.65. The molecule has 0 bridgehead atoms. The van der Waals surface area contributed by atoms with E-state index in [1.54, 1.807) is 12.1 Å². The molecule has 1 aliphatic carbocycles. The van der Waals surface area contributed by atoms with Gasteiger partial charge in [0.15, 0.2) is 5.65 Å². The normalized spacial score (nSPS) is 18.9. The average Bonchev–Trinajstić information content (AvgIpc) is 3.59. The molecule has 167 valence electrons. The first-order valence-corrected chi connectivity index (χ1v) is 11.7. The summed E-state index contributed by atoms with van der Waals surface area (Å²) < 4.78 is 15.7. The Morgan fingerprint density at radius 2 is 1.85 bits per heavy atom. The van der Waals surface area contributed by atoms with Crippen LogP contribution in [-0.4, -0.2) is 26.1 Å². The van der Waals surface area contributed by atoms with E-state index in [-0.39, 0.29) is 11.9 Å². The fourth-order valence-corrected chi connectivity index (χ4v) is 5.05. The molecule has 0 spiro atoms. The molecule has 33 heavy (non-hydrogen) atoms. The largest absolute Gasteiger partial charge is 0.362 e. The van der Waals surface area contributed by atoms with Gasteiger partial charge >= 0.3 is 0 Å². The van der Waals surface area contributed by atoms with E-state index in [2.05, 4.69) is 15.2 Å². The molecule has 2 fully saturated rings. The maximum absolute atomic E-state index is 13.9. The van der Waals surface area contributed by atoms with Crippen LogP contribution in [0.3, 0.4) is 0 Å². The highest BCUT2D eigenvalue weighted by molar-refractivity contribution is 5.62. The molecule has 1 radical (unpaired) electrons. The van der Waals surface area contributed by atoms with Crippen LogP contribution in [0.2, 0.25) is 0 Å². The first-order chi connectivity index (χ1) is 16.2. The van der Waals surface area contributed by atoms with Gasteiger partial charge in [-0.05, 0) is 67.6 Å². The van der Waals surface area contributed by atoms with Crippen molar-refractivity contribution >= 4 is 17.3 Å². The van der Waals surface area contributed by atoms with E-state index in [1.807, 2.05) is 47.1 Å². The number of hydrogen-bond acceptors (Lipinski definition) is 5. The number of pyridine rings is 1. The Kier molecular flexibility index (Phi) is 5.17. The topological polar surface area (TPSA) is 58.4 Å². The van der Waals surface area contributed by atoms with Gasteiger partial charge in [0, 0.05) is 6.54 Å². The van der Waals surface area contributed by atoms with Crippen LogP contribution in [0.25, 0.3) is 17.0 Å². The van der Waals surface area contributed by atoms with Gasteiger partial charge in [-0.1, -0.05) is 31.0 Å². The molecule has 3 aromatic heterocycles. The monoisotopic (exact) mass is 441 g/mol. The molecule has 4 aromatic rings. The Hall–Kier alpha value is -3.48. The van der Waals surface area contributed by atoms with Crippen molar-refractivity contribution in [3.8, 4) is 11.4 Å². The van der Waals surface area contributed by atoms with Gasteiger partial charge in [-0.3, -0.25) is 0 Å². The zero-order valence-electron chi connectivity index (χ0n) is 18.4. The highest BCUT2D eigenvalue weighted by atomic mass is 19.1. The summed E-state index contributed by atoms with van der Waals surface area (Å²) >= 11 is 0. The van der Waals surface area contributed by atoms with Gasteiger partial charge in [-0.25, -0.2) is 18.9 Å². The van der Waals surface area contributed by atoms with Crippen molar-refractivity contribution in [2.24, 2.45) is 0 Å². The second kappa shape index (κ2) is 8.46. The van der Waals surface area contributed by atoms with Crippen LogP contribution in [0.4, 0.5) is 16.0 Å². The number of halogens is 1. The van der Waals surface area contributed by atoms with Gasteiger partial charge in [0.25, 0.3) is 0 Å². The molecular formula is C26H26FN6.